The molecule has 3 N–H and O–H groups in total. The fourth-order valence-electron chi connectivity index (χ4n) is 6.02. The number of H-pyrrole nitrogens is 1. The molecule has 10 heteroatoms. The van der Waals surface area contributed by atoms with Crippen LogP contribution >= 0.6 is 0 Å². The summed E-state index contributed by atoms with van der Waals surface area (Å²) in [4.78, 5) is 28.4. The summed E-state index contributed by atoms with van der Waals surface area (Å²) >= 11 is 0. The van der Waals surface area contributed by atoms with Gasteiger partial charge in [-0.25, -0.2) is 0 Å². The Morgan fingerprint density at radius 2 is 1.02 bits per heavy atom. The summed E-state index contributed by atoms with van der Waals surface area (Å²) in [6.07, 6.45) is 0. The van der Waals surface area contributed by atoms with Crippen LogP contribution in [0.15, 0.2) is 70.3 Å². The molecule has 6 aromatic rings. The van der Waals surface area contributed by atoms with Gasteiger partial charge >= 0.3 is 0 Å². The Labute approximate surface area is 283 Å². The number of benzene rings is 4. The second kappa shape index (κ2) is 13.7. The Morgan fingerprint density at radius 3 is 1.49 bits per heavy atom. The molecule has 49 heavy (non-hydrogen) atoms. The second-order valence-corrected chi connectivity index (χ2v) is 11.9. The largest absolute Gasteiger partial charge is 0.507 e. The van der Waals surface area contributed by atoms with Crippen molar-refractivity contribution in [1.82, 2.24) is 9.55 Å². The lowest BCUT2D eigenvalue weighted by molar-refractivity contribution is 0.397. The van der Waals surface area contributed by atoms with Crippen LogP contribution in [-0.2, 0) is 7.05 Å². The number of aromatic nitrogens is 2. The number of ether oxygens (including phenoxy) is 4. The summed E-state index contributed by atoms with van der Waals surface area (Å²) in [5, 5.41) is 22.4. The molecule has 0 amide bonds. The highest BCUT2D eigenvalue weighted by atomic mass is 16.5. The SMILES string of the molecule is COc1cc(OC)c2c(=O)[nH]c(-c3cc(C)c(O)c(C)c3)cc2c1.COc1cc(OC)c2c(=O)n(C)c(-c3cc(C)c(O)c(C)c3)cc2c1. The van der Waals surface area contributed by atoms with Gasteiger partial charge in [0.05, 0.1) is 44.9 Å². The van der Waals surface area contributed by atoms with Crippen molar-refractivity contribution in [3.8, 4) is 57.0 Å². The molecule has 0 aliphatic heterocycles. The molecule has 6 rings (SSSR count). The van der Waals surface area contributed by atoms with Crippen molar-refractivity contribution in [1.29, 1.82) is 0 Å². The molecular formula is C39H40N2O8. The molecule has 0 saturated carbocycles. The number of phenols is 2. The maximum Gasteiger partial charge on any atom is 0.262 e. The molecule has 4 aromatic carbocycles. The topological polar surface area (TPSA) is 132 Å². The molecule has 0 aliphatic rings. The quantitative estimate of drug-likeness (QED) is 0.172. The number of rotatable bonds is 6. The van der Waals surface area contributed by atoms with Crippen molar-refractivity contribution in [3.05, 3.63) is 104 Å². The third-order valence-electron chi connectivity index (χ3n) is 8.66. The van der Waals surface area contributed by atoms with Crippen LogP contribution < -0.4 is 30.1 Å². The number of pyridine rings is 2. The number of hydrogen-bond acceptors (Lipinski definition) is 8. The molecule has 0 bridgehead atoms. The molecule has 2 heterocycles. The van der Waals surface area contributed by atoms with Crippen LogP contribution in [0.5, 0.6) is 34.5 Å². The van der Waals surface area contributed by atoms with Crippen molar-refractivity contribution < 1.29 is 29.2 Å². The van der Waals surface area contributed by atoms with E-state index in [4.69, 9.17) is 18.9 Å². The van der Waals surface area contributed by atoms with Gasteiger partial charge in [0, 0.05) is 24.9 Å². The third kappa shape index (κ3) is 6.49. The van der Waals surface area contributed by atoms with Gasteiger partial charge < -0.3 is 38.7 Å². The first kappa shape index (κ1) is 34.4. The summed E-state index contributed by atoms with van der Waals surface area (Å²) in [6, 6.07) is 18.3. The van der Waals surface area contributed by atoms with Gasteiger partial charge in [0.1, 0.15) is 34.5 Å². The van der Waals surface area contributed by atoms with Crippen LogP contribution in [0.25, 0.3) is 44.1 Å². The fraction of sp³-hybridized carbons (Fsp3) is 0.231. The van der Waals surface area contributed by atoms with Crippen LogP contribution in [0.4, 0.5) is 0 Å². The lowest BCUT2D eigenvalue weighted by Gasteiger charge is -2.15. The fourth-order valence-corrected chi connectivity index (χ4v) is 6.02. The molecule has 0 saturated heterocycles. The monoisotopic (exact) mass is 664 g/mol. The van der Waals surface area contributed by atoms with E-state index in [1.54, 1.807) is 44.0 Å². The van der Waals surface area contributed by atoms with E-state index in [0.29, 0.717) is 39.5 Å². The number of hydrogen-bond donors (Lipinski definition) is 3. The third-order valence-corrected chi connectivity index (χ3v) is 8.66. The summed E-state index contributed by atoms with van der Waals surface area (Å²) in [6.45, 7) is 7.35. The number of aromatic amines is 1. The Balaban J connectivity index is 0.000000191. The van der Waals surface area contributed by atoms with Crippen molar-refractivity contribution in [3.63, 3.8) is 0 Å². The van der Waals surface area contributed by atoms with Gasteiger partial charge in [-0.15, -0.1) is 0 Å². The first-order chi connectivity index (χ1) is 23.3. The van der Waals surface area contributed by atoms with Gasteiger partial charge in [-0.1, -0.05) is 0 Å². The van der Waals surface area contributed by atoms with Gasteiger partial charge in [-0.2, -0.15) is 0 Å². The zero-order chi connectivity index (χ0) is 35.7. The van der Waals surface area contributed by atoms with Gasteiger partial charge in [0.2, 0.25) is 0 Å². The van der Waals surface area contributed by atoms with E-state index in [0.717, 1.165) is 49.8 Å². The minimum Gasteiger partial charge on any atom is -0.507 e. The van der Waals surface area contributed by atoms with Crippen LogP contribution in [0.2, 0.25) is 0 Å². The summed E-state index contributed by atoms with van der Waals surface area (Å²) in [5.74, 6) is 2.74. The van der Waals surface area contributed by atoms with Crippen LogP contribution in [0, 0.1) is 27.7 Å². The minimum absolute atomic E-state index is 0.143. The Kier molecular flexibility index (Phi) is 9.61. The van der Waals surface area contributed by atoms with E-state index in [1.165, 1.54) is 14.2 Å². The Morgan fingerprint density at radius 1 is 0.571 bits per heavy atom. The van der Waals surface area contributed by atoms with Crippen LogP contribution in [-0.4, -0.2) is 48.2 Å². The molecule has 2 aromatic heterocycles. The van der Waals surface area contributed by atoms with Gasteiger partial charge in [0.15, 0.2) is 0 Å². The lowest BCUT2D eigenvalue weighted by Crippen LogP contribution is -2.19. The van der Waals surface area contributed by atoms with E-state index < -0.39 is 0 Å². The van der Waals surface area contributed by atoms with E-state index in [1.807, 2.05) is 70.2 Å². The first-order valence-electron chi connectivity index (χ1n) is 15.5. The maximum atomic E-state index is 12.9. The van der Waals surface area contributed by atoms with E-state index in [2.05, 4.69) is 4.98 Å². The van der Waals surface area contributed by atoms with Gasteiger partial charge in [0.25, 0.3) is 11.1 Å². The average Bonchev–Trinajstić information content (AvgIpc) is 3.09. The van der Waals surface area contributed by atoms with Crippen molar-refractivity contribution in [2.24, 2.45) is 7.05 Å². The average molecular weight is 665 g/mol. The molecule has 0 unspecified atom stereocenters. The van der Waals surface area contributed by atoms with Crippen molar-refractivity contribution in [2.75, 3.05) is 28.4 Å². The number of aromatic hydroxyl groups is 2. The Bertz CT molecular complexity index is 2310. The molecule has 254 valence electrons. The van der Waals surface area contributed by atoms with Crippen molar-refractivity contribution >= 4 is 21.5 Å². The van der Waals surface area contributed by atoms with E-state index in [-0.39, 0.29) is 22.6 Å². The zero-order valence-corrected chi connectivity index (χ0v) is 29.1. The van der Waals surface area contributed by atoms with E-state index >= 15 is 0 Å². The number of methoxy groups -OCH3 is 4. The summed E-state index contributed by atoms with van der Waals surface area (Å²) in [7, 11) is 7.94. The Hall–Kier alpha value is -5.90. The second-order valence-electron chi connectivity index (χ2n) is 11.9. The molecule has 10 nitrogen and oxygen atoms in total. The van der Waals surface area contributed by atoms with Gasteiger partial charge in [-0.3, -0.25) is 9.59 Å². The van der Waals surface area contributed by atoms with Gasteiger partial charge in [-0.05, 0) is 120 Å². The molecule has 0 fully saturated rings. The molecular weight excluding hydrogens is 624 g/mol. The number of nitrogens with one attached hydrogen (secondary N) is 1. The smallest absolute Gasteiger partial charge is 0.262 e. The molecule has 0 atom stereocenters. The standard InChI is InChI=1S/C20H21NO4.C19H19NO4/c1-11-6-13(7-12(2)19(11)22)16-9-14-8-15(24-4)10-17(25-5)18(14)20(23)21(16)3;1-10-5-12(6-11(2)18(10)21)15-8-13-7-14(23-3)9-16(24-4)17(13)19(22)20-15/h6-10,22H,1-5H3;5-9,21H,1-4H3,(H,20,22). The van der Waals surface area contributed by atoms with Crippen molar-refractivity contribution in [2.45, 2.75) is 27.7 Å². The number of aryl methyl sites for hydroxylation is 4. The van der Waals surface area contributed by atoms with Crippen LogP contribution in [0.3, 0.4) is 0 Å². The zero-order valence-electron chi connectivity index (χ0n) is 29.1. The highest BCUT2D eigenvalue weighted by Crippen LogP contribution is 2.35. The number of nitrogens with zero attached hydrogens (tertiary/aromatic N) is 1. The minimum atomic E-state index is -0.231. The molecule has 0 aliphatic carbocycles. The summed E-state index contributed by atoms with van der Waals surface area (Å²) < 4.78 is 22.9. The maximum absolute atomic E-state index is 12.9. The highest BCUT2D eigenvalue weighted by molar-refractivity contribution is 5.92. The molecule has 0 spiro atoms. The highest BCUT2D eigenvalue weighted by Gasteiger charge is 2.16. The summed E-state index contributed by atoms with van der Waals surface area (Å²) in [5.41, 5.74) is 5.83. The number of fused-ring (bicyclic) bond motifs is 2. The van der Waals surface area contributed by atoms with Crippen LogP contribution in [0.1, 0.15) is 22.3 Å². The first-order valence-corrected chi connectivity index (χ1v) is 15.5. The lowest BCUT2D eigenvalue weighted by atomic mass is 10.0. The predicted molar refractivity (Wildman–Crippen MR) is 193 cm³/mol. The molecule has 0 radical (unpaired) electrons. The van der Waals surface area contributed by atoms with E-state index in [9.17, 15) is 19.8 Å². The normalized spacial score (nSPS) is 10.9. The number of phenolic OH excluding ortho intramolecular Hbond substituents is 2. The predicted octanol–water partition coefficient (Wildman–Crippen LogP) is 7.08.